The third kappa shape index (κ3) is 4.92. The SMILES string of the molecule is CCS(=O)(=O)N1C[C@H]2[C@@H](C1)c1ccccc1[C@@H]2N(C)C(C)C.O=C(O)C(F)(F)F. The molecule has 1 aliphatic heterocycles. The van der Waals surface area contributed by atoms with Gasteiger partial charge in [0.05, 0.1) is 5.75 Å². The number of carboxylic acid groups (broad SMARTS) is 1. The first-order valence-corrected chi connectivity index (χ1v) is 11.0. The minimum Gasteiger partial charge on any atom is -0.475 e. The highest BCUT2D eigenvalue weighted by Gasteiger charge is 2.49. The Labute approximate surface area is 169 Å². The van der Waals surface area contributed by atoms with E-state index in [1.54, 1.807) is 11.2 Å². The van der Waals surface area contributed by atoms with Crippen molar-refractivity contribution < 1.29 is 31.5 Å². The van der Waals surface area contributed by atoms with Crippen LogP contribution in [0.15, 0.2) is 24.3 Å². The highest BCUT2D eigenvalue weighted by Crippen LogP contribution is 2.52. The van der Waals surface area contributed by atoms with Gasteiger partial charge in [0.25, 0.3) is 0 Å². The molecule has 29 heavy (non-hydrogen) atoms. The molecule has 0 bridgehead atoms. The Bertz CT molecular complexity index is 842. The Hall–Kier alpha value is -1.65. The molecule has 0 unspecified atom stereocenters. The van der Waals surface area contributed by atoms with Crippen LogP contribution in [0.4, 0.5) is 13.2 Å². The zero-order chi connectivity index (χ0) is 22.1. The standard InChI is InChI=1S/C17H26N2O2S.C2HF3O2/c1-5-22(20,21)19-10-15-13-8-6-7-9-14(13)17(16(15)11-19)18(4)12(2)3;3-2(4,5)1(6)7/h6-9,12,15-17H,5,10-11H2,1-4H3;(H,6,7)/t15-,16-,17-;/m0./s1. The first kappa shape index (κ1) is 23.6. The van der Waals surface area contributed by atoms with Gasteiger partial charge in [0, 0.05) is 37.0 Å². The minimum absolute atomic E-state index is 0.193. The highest BCUT2D eigenvalue weighted by molar-refractivity contribution is 7.89. The van der Waals surface area contributed by atoms with Crippen molar-refractivity contribution in [2.45, 2.75) is 44.9 Å². The number of aliphatic carboxylic acids is 1. The monoisotopic (exact) mass is 436 g/mol. The zero-order valence-corrected chi connectivity index (χ0v) is 17.7. The molecular weight excluding hydrogens is 409 g/mol. The van der Waals surface area contributed by atoms with Gasteiger partial charge >= 0.3 is 12.1 Å². The maximum absolute atomic E-state index is 12.3. The van der Waals surface area contributed by atoms with Crippen LogP contribution in [0.3, 0.4) is 0 Å². The fourth-order valence-electron chi connectivity index (χ4n) is 4.04. The van der Waals surface area contributed by atoms with E-state index in [9.17, 15) is 21.6 Å². The summed E-state index contributed by atoms with van der Waals surface area (Å²) < 4.78 is 58.0. The van der Waals surface area contributed by atoms with Crippen molar-refractivity contribution in [1.82, 2.24) is 9.21 Å². The summed E-state index contributed by atoms with van der Waals surface area (Å²) in [5.41, 5.74) is 2.74. The number of sulfonamides is 1. The van der Waals surface area contributed by atoms with Crippen molar-refractivity contribution in [2.24, 2.45) is 5.92 Å². The molecule has 0 amide bonds. The maximum Gasteiger partial charge on any atom is 0.490 e. The van der Waals surface area contributed by atoms with Crippen LogP contribution in [0.2, 0.25) is 0 Å². The van der Waals surface area contributed by atoms with Crippen LogP contribution < -0.4 is 0 Å². The van der Waals surface area contributed by atoms with Gasteiger partial charge in [-0.25, -0.2) is 17.5 Å². The van der Waals surface area contributed by atoms with Gasteiger partial charge in [-0.15, -0.1) is 0 Å². The highest BCUT2D eigenvalue weighted by atomic mass is 32.2. The molecule has 6 nitrogen and oxygen atoms in total. The molecule has 3 atom stereocenters. The smallest absolute Gasteiger partial charge is 0.475 e. The maximum atomic E-state index is 12.3. The van der Waals surface area contributed by atoms with Gasteiger partial charge in [0.1, 0.15) is 0 Å². The topological polar surface area (TPSA) is 77.9 Å². The van der Waals surface area contributed by atoms with Crippen molar-refractivity contribution in [3.8, 4) is 0 Å². The van der Waals surface area contributed by atoms with E-state index in [2.05, 4.69) is 50.1 Å². The van der Waals surface area contributed by atoms with E-state index in [-0.39, 0.29) is 5.75 Å². The number of halogens is 3. The Morgan fingerprint density at radius 1 is 1.24 bits per heavy atom. The summed E-state index contributed by atoms with van der Waals surface area (Å²) in [4.78, 5) is 11.3. The number of rotatable bonds is 4. The van der Waals surface area contributed by atoms with E-state index in [1.165, 1.54) is 11.1 Å². The molecule has 1 heterocycles. The lowest BCUT2D eigenvalue weighted by Gasteiger charge is -2.33. The predicted octanol–water partition coefficient (Wildman–Crippen LogP) is 3.08. The van der Waals surface area contributed by atoms with Gasteiger partial charge in [-0.1, -0.05) is 24.3 Å². The number of carbonyl (C=O) groups is 1. The van der Waals surface area contributed by atoms with Crippen molar-refractivity contribution in [3.05, 3.63) is 35.4 Å². The van der Waals surface area contributed by atoms with E-state index in [4.69, 9.17) is 9.90 Å². The predicted molar refractivity (Wildman–Crippen MR) is 103 cm³/mol. The molecule has 0 spiro atoms. The minimum atomic E-state index is -5.08. The van der Waals surface area contributed by atoms with E-state index in [1.807, 2.05) is 0 Å². The fraction of sp³-hybridized carbons (Fsp3) is 0.632. The summed E-state index contributed by atoms with van der Waals surface area (Å²) in [6, 6.07) is 9.33. The first-order valence-electron chi connectivity index (χ1n) is 9.39. The Kier molecular flexibility index (Phi) is 7.01. The van der Waals surface area contributed by atoms with E-state index in [0.717, 1.165) is 0 Å². The van der Waals surface area contributed by atoms with Crippen LogP contribution in [0.25, 0.3) is 0 Å². The molecule has 0 saturated carbocycles. The third-order valence-corrected chi connectivity index (χ3v) is 7.52. The molecule has 1 N–H and O–H groups in total. The molecule has 10 heteroatoms. The molecule has 1 aromatic carbocycles. The van der Waals surface area contributed by atoms with Crippen LogP contribution in [-0.4, -0.2) is 66.8 Å². The van der Waals surface area contributed by atoms with Gasteiger partial charge < -0.3 is 5.11 Å². The van der Waals surface area contributed by atoms with Gasteiger partial charge in [-0.05, 0) is 38.9 Å². The second-order valence-electron chi connectivity index (χ2n) is 7.62. The number of alkyl halides is 3. The summed E-state index contributed by atoms with van der Waals surface area (Å²) in [5.74, 6) is -1.86. The average molecular weight is 436 g/mol. The molecule has 164 valence electrons. The Morgan fingerprint density at radius 3 is 2.21 bits per heavy atom. The second kappa shape index (κ2) is 8.61. The van der Waals surface area contributed by atoms with E-state index >= 15 is 0 Å². The van der Waals surface area contributed by atoms with Crippen LogP contribution in [-0.2, 0) is 14.8 Å². The summed E-state index contributed by atoms with van der Waals surface area (Å²) in [5, 5.41) is 7.12. The van der Waals surface area contributed by atoms with Crippen LogP contribution in [0.1, 0.15) is 43.9 Å². The lowest BCUT2D eigenvalue weighted by atomic mass is 9.93. The second-order valence-corrected chi connectivity index (χ2v) is 9.88. The summed E-state index contributed by atoms with van der Waals surface area (Å²) in [6.07, 6.45) is -5.08. The van der Waals surface area contributed by atoms with Crippen molar-refractivity contribution in [2.75, 3.05) is 25.9 Å². The fourth-order valence-corrected chi connectivity index (χ4v) is 5.19. The van der Waals surface area contributed by atoms with Crippen LogP contribution in [0, 0.1) is 5.92 Å². The van der Waals surface area contributed by atoms with E-state index < -0.39 is 22.2 Å². The number of fused-ring (bicyclic) bond motifs is 3. The van der Waals surface area contributed by atoms with Gasteiger partial charge in [-0.2, -0.15) is 13.2 Å². The molecule has 1 saturated heterocycles. The van der Waals surface area contributed by atoms with Crippen molar-refractivity contribution in [1.29, 1.82) is 0 Å². The molecule has 1 aromatic rings. The summed E-state index contributed by atoms with van der Waals surface area (Å²) in [7, 11) is -0.939. The molecule has 1 aliphatic carbocycles. The van der Waals surface area contributed by atoms with Crippen LogP contribution in [0.5, 0.6) is 0 Å². The number of benzene rings is 1. The number of carboxylic acids is 1. The molecule has 1 fully saturated rings. The number of hydrogen-bond donors (Lipinski definition) is 1. The Balaban J connectivity index is 0.000000370. The van der Waals surface area contributed by atoms with Crippen molar-refractivity contribution in [3.63, 3.8) is 0 Å². The lowest BCUT2D eigenvalue weighted by Crippen LogP contribution is -2.36. The molecule has 0 aromatic heterocycles. The van der Waals surface area contributed by atoms with Gasteiger partial charge in [0.15, 0.2) is 0 Å². The first-order chi connectivity index (χ1) is 13.3. The van der Waals surface area contributed by atoms with E-state index in [0.29, 0.717) is 37.0 Å². The molecule has 2 aliphatic rings. The summed E-state index contributed by atoms with van der Waals surface area (Å²) >= 11 is 0. The van der Waals surface area contributed by atoms with Crippen LogP contribution >= 0.6 is 0 Å². The molecular formula is C19H27F3N2O4S. The zero-order valence-electron chi connectivity index (χ0n) is 16.8. The average Bonchev–Trinajstić information content (AvgIpc) is 3.18. The quantitative estimate of drug-likeness (QED) is 0.785. The molecule has 3 rings (SSSR count). The largest absolute Gasteiger partial charge is 0.490 e. The lowest BCUT2D eigenvalue weighted by molar-refractivity contribution is -0.192. The van der Waals surface area contributed by atoms with Gasteiger partial charge in [-0.3, -0.25) is 4.90 Å². The Morgan fingerprint density at radius 2 is 1.76 bits per heavy atom. The van der Waals surface area contributed by atoms with Gasteiger partial charge in [0.2, 0.25) is 10.0 Å². The number of hydrogen-bond acceptors (Lipinski definition) is 4. The molecule has 0 radical (unpaired) electrons. The number of nitrogens with zero attached hydrogens (tertiary/aromatic N) is 2. The third-order valence-electron chi connectivity index (χ3n) is 5.71. The normalized spacial score (nSPS) is 24.2. The summed E-state index contributed by atoms with van der Waals surface area (Å²) in [6.45, 7) is 7.42. The van der Waals surface area contributed by atoms with Crippen molar-refractivity contribution >= 4 is 16.0 Å².